The van der Waals surface area contributed by atoms with E-state index in [0.717, 1.165) is 49.8 Å². The van der Waals surface area contributed by atoms with E-state index < -0.39 is 0 Å². The highest BCUT2D eigenvalue weighted by Crippen LogP contribution is 2.33. The molecule has 2 aromatic carbocycles. The van der Waals surface area contributed by atoms with Gasteiger partial charge in [0.05, 0.1) is 6.04 Å². The Morgan fingerprint density at radius 3 is 2.55 bits per heavy atom. The molecule has 3 aromatic rings. The minimum absolute atomic E-state index is 0.104. The third kappa shape index (κ3) is 3.83. The van der Waals surface area contributed by atoms with Crippen LogP contribution in [0.4, 0.5) is 0 Å². The first-order chi connectivity index (χ1) is 14.3. The smallest absolute Gasteiger partial charge is 0.247 e. The summed E-state index contributed by atoms with van der Waals surface area (Å²) in [5.74, 6) is 2.93. The van der Waals surface area contributed by atoms with Gasteiger partial charge in [-0.15, -0.1) is 10.2 Å². The Hall–Kier alpha value is -2.90. The average molecular weight is 392 g/mol. The van der Waals surface area contributed by atoms with E-state index in [0.29, 0.717) is 18.6 Å². The highest BCUT2D eigenvalue weighted by molar-refractivity contribution is 5.51. The maximum Gasteiger partial charge on any atom is 0.247 e. The first kappa shape index (κ1) is 18.1. The number of piperazine rings is 1. The van der Waals surface area contributed by atoms with Crippen molar-refractivity contribution in [1.82, 2.24) is 20.0 Å². The average Bonchev–Trinajstić information content (AvgIpc) is 3.44. The van der Waals surface area contributed by atoms with Crippen LogP contribution in [0.25, 0.3) is 11.5 Å². The van der Waals surface area contributed by atoms with E-state index in [2.05, 4.69) is 39.1 Å². The molecule has 1 aromatic heterocycles. The van der Waals surface area contributed by atoms with Crippen molar-refractivity contribution in [2.24, 2.45) is 0 Å². The Kier molecular flexibility index (Phi) is 4.91. The lowest BCUT2D eigenvalue weighted by Crippen LogP contribution is -2.46. The maximum absolute atomic E-state index is 5.95. The summed E-state index contributed by atoms with van der Waals surface area (Å²) < 4.78 is 16.8. The molecule has 1 unspecified atom stereocenters. The van der Waals surface area contributed by atoms with Crippen molar-refractivity contribution in [2.45, 2.75) is 19.5 Å². The summed E-state index contributed by atoms with van der Waals surface area (Å²) in [5, 5.41) is 8.52. The molecule has 3 heterocycles. The monoisotopic (exact) mass is 392 g/mol. The van der Waals surface area contributed by atoms with Crippen molar-refractivity contribution in [1.29, 1.82) is 0 Å². The second kappa shape index (κ2) is 7.85. The highest BCUT2D eigenvalue weighted by Gasteiger charge is 2.26. The van der Waals surface area contributed by atoms with E-state index in [-0.39, 0.29) is 6.04 Å². The van der Waals surface area contributed by atoms with Gasteiger partial charge < -0.3 is 13.9 Å². The van der Waals surface area contributed by atoms with Gasteiger partial charge in [0.25, 0.3) is 0 Å². The lowest BCUT2D eigenvalue weighted by Gasteiger charge is -2.36. The standard InChI is InChI=1S/C22H24N4O3/c1-16(21-23-24-22(29-21)18-5-3-2-4-6-18)26-11-9-25(10-12-26)14-17-7-8-19-20(13-17)28-15-27-19/h2-8,13,16H,9-12,14-15H2,1H3. The lowest BCUT2D eigenvalue weighted by atomic mass is 10.1. The second-order valence-corrected chi connectivity index (χ2v) is 7.49. The zero-order valence-electron chi connectivity index (χ0n) is 16.5. The van der Waals surface area contributed by atoms with Crippen molar-refractivity contribution >= 4 is 0 Å². The molecule has 2 aliphatic rings. The van der Waals surface area contributed by atoms with Crippen LogP contribution < -0.4 is 9.47 Å². The lowest BCUT2D eigenvalue weighted by molar-refractivity contribution is 0.0875. The summed E-state index contributed by atoms with van der Waals surface area (Å²) in [6.07, 6.45) is 0. The molecule has 7 heteroatoms. The van der Waals surface area contributed by atoms with Crippen LogP contribution >= 0.6 is 0 Å². The fourth-order valence-electron chi connectivity index (χ4n) is 3.86. The van der Waals surface area contributed by atoms with Gasteiger partial charge in [0, 0.05) is 38.3 Å². The first-order valence-electron chi connectivity index (χ1n) is 10.00. The zero-order chi connectivity index (χ0) is 19.6. The minimum Gasteiger partial charge on any atom is -0.454 e. The van der Waals surface area contributed by atoms with Gasteiger partial charge in [-0.1, -0.05) is 24.3 Å². The zero-order valence-corrected chi connectivity index (χ0v) is 16.5. The van der Waals surface area contributed by atoms with Crippen LogP contribution in [-0.2, 0) is 6.54 Å². The van der Waals surface area contributed by atoms with Crippen LogP contribution in [0, 0.1) is 0 Å². The Morgan fingerprint density at radius 1 is 0.931 bits per heavy atom. The molecule has 1 fully saturated rings. The van der Waals surface area contributed by atoms with Crippen molar-refractivity contribution in [3.05, 3.63) is 60.0 Å². The molecule has 0 aliphatic carbocycles. The molecule has 0 amide bonds. The normalized spacial score (nSPS) is 18.1. The van der Waals surface area contributed by atoms with Gasteiger partial charge in [0.1, 0.15) is 0 Å². The molecule has 0 bridgehead atoms. The molecule has 0 radical (unpaired) electrons. The molecule has 0 N–H and O–H groups in total. The molecule has 29 heavy (non-hydrogen) atoms. The highest BCUT2D eigenvalue weighted by atomic mass is 16.7. The summed E-state index contributed by atoms with van der Waals surface area (Å²) in [4.78, 5) is 4.86. The van der Waals surface area contributed by atoms with Crippen LogP contribution in [0.1, 0.15) is 24.4 Å². The SMILES string of the molecule is CC(c1nnc(-c2ccccc2)o1)N1CCN(Cc2ccc3c(c2)OCO3)CC1. The van der Waals surface area contributed by atoms with E-state index in [1.165, 1.54) is 5.56 Å². The Labute approximate surface area is 169 Å². The molecule has 0 saturated carbocycles. The summed E-state index contributed by atoms with van der Waals surface area (Å²) in [6, 6.07) is 16.2. The van der Waals surface area contributed by atoms with E-state index >= 15 is 0 Å². The van der Waals surface area contributed by atoms with Crippen LogP contribution in [-0.4, -0.2) is 53.0 Å². The van der Waals surface area contributed by atoms with E-state index in [9.17, 15) is 0 Å². The molecule has 7 nitrogen and oxygen atoms in total. The third-order valence-corrected chi connectivity index (χ3v) is 5.62. The largest absolute Gasteiger partial charge is 0.454 e. The number of benzene rings is 2. The van der Waals surface area contributed by atoms with Crippen LogP contribution in [0.5, 0.6) is 11.5 Å². The summed E-state index contributed by atoms with van der Waals surface area (Å²) >= 11 is 0. The summed E-state index contributed by atoms with van der Waals surface area (Å²) in [7, 11) is 0. The number of fused-ring (bicyclic) bond motifs is 1. The minimum atomic E-state index is 0.104. The van der Waals surface area contributed by atoms with Gasteiger partial charge in [-0.25, -0.2) is 0 Å². The molecule has 2 aliphatic heterocycles. The molecule has 150 valence electrons. The second-order valence-electron chi connectivity index (χ2n) is 7.49. The van der Waals surface area contributed by atoms with E-state index in [4.69, 9.17) is 13.9 Å². The van der Waals surface area contributed by atoms with Gasteiger partial charge in [-0.2, -0.15) is 0 Å². The van der Waals surface area contributed by atoms with E-state index in [1.807, 2.05) is 36.4 Å². The maximum atomic E-state index is 5.95. The molecular formula is C22H24N4O3. The van der Waals surface area contributed by atoms with Gasteiger partial charge in [0.2, 0.25) is 18.6 Å². The number of aromatic nitrogens is 2. The number of ether oxygens (including phenoxy) is 2. The quantitative estimate of drug-likeness (QED) is 0.660. The fourth-order valence-corrected chi connectivity index (χ4v) is 3.86. The predicted octanol–water partition coefficient (Wildman–Crippen LogP) is 3.34. The van der Waals surface area contributed by atoms with Crippen LogP contribution in [0.3, 0.4) is 0 Å². The first-order valence-corrected chi connectivity index (χ1v) is 10.00. The van der Waals surface area contributed by atoms with Crippen molar-refractivity contribution < 1.29 is 13.9 Å². The third-order valence-electron chi connectivity index (χ3n) is 5.62. The van der Waals surface area contributed by atoms with Crippen LogP contribution in [0.2, 0.25) is 0 Å². The predicted molar refractivity (Wildman–Crippen MR) is 108 cm³/mol. The molecule has 5 rings (SSSR count). The number of hydrogen-bond donors (Lipinski definition) is 0. The van der Waals surface area contributed by atoms with Crippen molar-refractivity contribution in [3.63, 3.8) is 0 Å². The number of rotatable bonds is 5. The Bertz CT molecular complexity index is 967. The van der Waals surface area contributed by atoms with E-state index in [1.54, 1.807) is 0 Å². The molecule has 1 atom stereocenters. The number of nitrogens with zero attached hydrogens (tertiary/aromatic N) is 4. The van der Waals surface area contributed by atoms with Gasteiger partial charge in [-0.05, 0) is 36.8 Å². The Balaban J connectivity index is 1.18. The van der Waals surface area contributed by atoms with Gasteiger partial charge in [-0.3, -0.25) is 9.80 Å². The molecule has 1 saturated heterocycles. The summed E-state index contributed by atoms with van der Waals surface area (Å²) in [6.45, 7) is 7.30. The molecular weight excluding hydrogens is 368 g/mol. The number of hydrogen-bond acceptors (Lipinski definition) is 7. The summed E-state index contributed by atoms with van der Waals surface area (Å²) in [5.41, 5.74) is 2.20. The fraction of sp³-hybridized carbons (Fsp3) is 0.364. The van der Waals surface area contributed by atoms with Gasteiger partial charge >= 0.3 is 0 Å². The topological polar surface area (TPSA) is 63.9 Å². The van der Waals surface area contributed by atoms with Crippen molar-refractivity contribution in [2.75, 3.05) is 33.0 Å². The van der Waals surface area contributed by atoms with Gasteiger partial charge in [0.15, 0.2) is 11.5 Å². The molecule has 0 spiro atoms. The van der Waals surface area contributed by atoms with Crippen molar-refractivity contribution in [3.8, 4) is 23.0 Å². The van der Waals surface area contributed by atoms with Crippen LogP contribution in [0.15, 0.2) is 52.9 Å². The Morgan fingerprint density at radius 2 is 1.72 bits per heavy atom.